The first-order valence-electron chi connectivity index (χ1n) is 7.38. The summed E-state index contributed by atoms with van der Waals surface area (Å²) in [6.07, 6.45) is 0. The maximum absolute atomic E-state index is 12.1. The average molecular weight is 292 g/mol. The number of hydrogen-bond donors (Lipinski definition) is 2. The van der Waals surface area contributed by atoms with Crippen LogP contribution in [0.25, 0.3) is 0 Å². The molecule has 1 aromatic carbocycles. The lowest BCUT2D eigenvalue weighted by Crippen LogP contribution is -2.51. The van der Waals surface area contributed by atoms with Crippen LogP contribution in [0.3, 0.4) is 0 Å². The minimum atomic E-state index is -0.528. The lowest BCUT2D eigenvalue weighted by molar-refractivity contribution is -0.125. The number of carbonyl (C=O) groups excluding carboxylic acids is 1. The largest absolute Gasteiger partial charge is 0.491 e. The fraction of sp³-hybridized carbons (Fsp3) is 0.588. The van der Waals surface area contributed by atoms with Gasteiger partial charge in [-0.25, -0.2) is 0 Å². The van der Waals surface area contributed by atoms with Gasteiger partial charge in [0, 0.05) is 0 Å². The molecule has 0 radical (unpaired) electrons. The van der Waals surface area contributed by atoms with Crippen molar-refractivity contribution in [1.29, 1.82) is 0 Å². The van der Waals surface area contributed by atoms with E-state index in [0.717, 1.165) is 16.9 Å². The summed E-state index contributed by atoms with van der Waals surface area (Å²) in [6.45, 7) is 12.2. The van der Waals surface area contributed by atoms with Crippen molar-refractivity contribution in [3.05, 3.63) is 29.3 Å². The van der Waals surface area contributed by atoms with E-state index < -0.39 is 6.04 Å². The molecular formula is C17H28N2O2. The Balaban J connectivity index is 2.55. The van der Waals surface area contributed by atoms with Crippen LogP contribution in [-0.2, 0) is 4.79 Å². The Morgan fingerprint density at radius 2 is 1.81 bits per heavy atom. The summed E-state index contributed by atoms with van der Waals surface area (Å²) in [5, 5.41) is 2.91. The molecule has 118 valence electrons. The second kappa shape index (κ2) is 6.94. The molecule has 0 spiro atoms. The molecule has 2 atom stereocenters. The maximum atomic E-state index is 12.1. The molecule has 3 N–H and O–H groups in total. The van der Waals surface area contributed by atoms with Gasteiger partial charge in [-0.3, -0.25) is 4.79 Å². The molecule has 0 bridgehead atoms. The van der Waals surface area contributed by atoms with Crippen molar-refractivity contribution < 1.29 is 9.53 Å². The molecule has 0 aliphatic carbocycles. The normalized spacial score (nSPS) is 14.4. The van der Waals surface area contributed by atoms with E-state index in [0.29, 0.717) is 6.61 Å². The van der Waals surface area contributed by atoms with Gasteiger partial charge in [0.1, 0.15) is 12.4 Å². The van der Waals surface area contributed by atoms with Gasteiger partial charge in [0.15, 0.2) is 0 Å². The van der Waals surface area contributed by atoms with Crippen molar-refractivity contribution in [3.8, 4) is 5.75 Å². The van der Waals surface area contributed by atoms with Crippen LogP contribution in [0.15, 0.2) is 18.2 Å². The summed E-state index contributed by atoms with van der Waals surface area (Å²) < 4.78 is 5.84. The highest BCUT2D eigenvalue weighted by atomic mass is 16.5. The van der Waals surface area contributed by atoms with Crippen molar-refractivity contribution >= 4 is 5.91 Å². The van der Waals surface area contributed by atoms with E-state index in [2.05, 4.69) is 5.32 Å². The number of carbonyl (C=O) groups is 1. The molecule has 0 aromatic heterocycles. The standard InChI is InChI=1S/C17H28N2O2/c1-11-8-7-9-12(2)14(11)21-10-13(3)19-16(20)15(18)17(4,5)6/h7-9,13,15H,10,18H2,1-6H3,(H,19,20)/t13?,15-/m1/s1. The number of ether oxygens (including phenoxy) is 1. The lowest BCUT2D eigenvalue weighted by atomic mass is 9.87. The highest BCUT2D eigenvalue weighted by Gasteiger charge is 2.28. The summed E-state index contributed by atoms with van der Waals surface area (Å²) in [5.74, 6) is 0.749. The zero-order valence-corrected chi connectivity index (χ0v) is 14.0. The number of amides is 1. The number of para-hydroxylation sites is 1. The predicted molar refractivity (Wildman–Crippen MR) is 86.4 cm³/mol. The van der Waals surface area contributed by atoms with Crippen LogP contribution in [0.5, 0.6) is 5.75 Å². The van der Waals surface area contributed by atoms with E-state index in [1.54, 1.807) is 0 Å². The topological polar surface area (TPSA) is 64.3 Å². The summed E-state index contributed by atoms with van der Waals surface area (Å²) in [5.41, 5.74) is 7.89. The second-order valence-electron chi connectivity index (χ2n) is 6.79. The van der Waals surface area contributed by atoms with Gasteiger partial charge in [-0.1, -0.05) is 39.0 Å². The number of nitrogens with one attached hydrogen (secondary N) is 1. The van der Waals surface area contributed by atoms with Gasteiger partial charge in [-0.15, -0.1) is 0 Å². The Hall–Kier alpha value is -1.55. The average Bonchev–Trinajstić information content (AvgIpc) is 2.36. The minimum absolute atomic E-state index is 0.0927. The highest BCUT2D eigenvalue weighted by Crippen LogP contribution is 2.22. The number of hydrogen-bond acceptors (Lipinski definition) is 3. The van der Waals surface area contributed by atoms with Crippen LogP contribution in [0.4, 0.5) is 0 Å². The number of benzene rings is 1. The first-order valence-corrected chi connectivity index (χ1v) is 7.38. The number of aryl methyl sites for hydroxylation is 2. The molecule has 0 saturated heterocycles. The first kappa shape index (κ1) is 17.5. The summed E-state index contributed by atoms with van der Waals surface area (Å²) in [7, 11) is 0. The predicted octanol–water partition coefficient (Wildman–Crippen LogP) is 2.56. The van der Waals surface area contributed by atoms with E-state index in [1.807, 2.05) is 59.7 Å². The zero-order valence-electron chi connectivity index (χ0n) is 14.0. The Kier molecular flexibility index (Phi) is 5.78. The minimum Gasteiger partial charge on any atom is -0.491 e. The van der Waals surface area contributed by atoms with E-state index in [1.165, 1.54) is 0 Å². The van der Waals surface area contributed by atoms with Crippen LogP contribution in [-0.4, -0.2) is 24.6 Å². The van der Waals surface area contributed by atoms with E-state index >= 15 is 0 Å². The Labute approximate surface area is 128 Å². The molecule has 0 saturated carbocycles. The molecule has 0 aliphatic heterocycles. The molecule has 1 unspecified atom stereocenters. The molecule has 1 aromatic rings. The van der Waals surface area contributed by atoms with E-state index in [9.17, 15) is 4.79 Å². The fourth-order valence-electron chi connectivity index (χ4n) is 2.00. The van der Waals surface area contributed by atoms with Crippen molar-refractivity contribution in [3.63, 3.8) is 0 Å². The van der Waals surface area contributed by atoms with Crippen molar-refractivity contribution in [2.24, 2.45) is 11.1 Å². The summed E-state index contributed by atoms with van der Waals surface area (Å²) in [6, 6.07) is 5.41. The van der Waals surface area contributed by atoms with Crippen molar-refractivity contribution in [1.82, 2.24) is 5.32 Å². The highest BCUT2D eigenvalue weighted by molar-refractivity contribution is 5.82. The van der Waals surface area contributed by atoms with E-state index in [4.69, 9.17) is 10.5 Å². The third-order valence-corrected chi connectivity index (χ3v) is 3.49. The third-order valence-electron chi connectivity index (χ3n) is 3.49. The van der Waals surface area contributed by atoms with Gasteiger partial charge in [0.2, 0.25) is 5.91 Å². The van der Waals surface area contributed by atoms with Gasteiger partial charge >= 0.3 is 0 Å². The molecule has 4 heteroatoms. The lowest BCUT2D eigenvalue weighted by Gasteiger charge is -2.27. The quantitative estimate of drug-likeness (QED) is 0.876. The second-order valence-corrected chi connectivity index (χ2v) is 6.79. The molecule has 0 heterocycles. The first-order chi connectivity index (χ1) is 9.62. The van der Waals surface area contributed by atoms with Crippen LogP contribution in [0, 0.1) is 19.3 Å². The van der Waals surface area contributed by atoms with Gasteiger partial charge in [-0.05, 0) is 37.3 Å². The van der Waals surface area contributed by atoms with Crippen molar-refractivity contribution in [2.75, 3.05) is 6.61 Å². The Morgan fingerprint density at radius 3 is 2.29 bits per heavy atom. The third kappa shape index (κ3) is 5.05. The SMILES string of the molecule is Cc1cccc(C)c1OCC(C)NC(=O)[C@@H](N)C(C)(C)C. The zero-order chi connectivity index (χ0) is 16.2. The monoisotopic (exact) mass is 292 g/mol. The molecule has 1 rings (SSSR count). The Bertz CT molecular complexity index is 472. The molecule has 21 heavy (non-hydrogen) atoms. The maximum Gasteiger partial charge on any atom is 0.237 e. The number of rotatable bonds is 5. The molecular weight excluding hydrogens is 264 g/mol. The Morgan fingerprint density at radius 1 is 1.29 bits per heavy atom. The van der Waals surface area contributed by atoms with Crippen LogP contribution < -0.4 is 15.8 Å². The number of nitrogens with two attached hydrogens (primary N) is 1. The van der Waals surface area contributed by atoms with Crippen LogP contribution in [0.1, 0.15) is 38.8 Å². The van der Waals surface area contributed by atoms with Gasteiger partial charge < -0.3 is 15.8 Å². The van der Waals surface area contributed by atoms with Gasteiger partial charge in [-0.2, -0.15) is 0 Å². The molecule has 4 nitrogen and oxygen atoms in total. The van der Waals surface area contributed by atoms with E-state index in [-0.39, 0.29) is 17.4 Å². The van der Waals surface area contributed by atoms with Gasteiger partial charge in [0.25, 0.3) is 0 Å². The molecule has 0 fully saturated rings. The summed E-state index contributed by atoms with van der Waals surface area (Å²) >= 11 is 0. The summed E-state index contributed by atoms with van der Waals surface area (Å²) in [4.78, 5) is 12.1. The van der Waals surface area contributed by atoms with Crippen LogP contribution >= 0.6 is 0 Å². The molecule has 0 aliphatic rings. The van der Waals surface area contributed by atoms with Gasteiger partial charge in [0.05, 0.1) is 12.1 Å². The van der Waals surface area contributed by atoms with Crippen molar-refractivity contribution in [2.45, 2.75) is 53.6 Å². The van der Waals surface area contributed by atoms with Crippen LogP contribution in [0.2, 0.25) is 0 Å². The molecule has 1 amide bonds. The fourth-order valence-corrected chi connectivity index (χ4v) is 2.00. The smallest absolute Gasteiger partial charge is 0.237 e.